The normalized spacial score (nSPS) is 32.2. The quantitative estimate of drug-likeness (QED) is 0.809. The molecule has 5 fully saturated rings. The average Bonchev–Trinajstić information content (AvgIpc) is 2.76. The molecule has 0 radical (unpaired) electrons. The lowest BCUT2D eigenvalue weighted by molar-refractivity contribution is -0.148. The summed E-state index contributed by atoms with van der Waals surface area (Å²) < 4.78 is 5.22. The molecule has 1 saturated heterocycles. The van der Waals surface area contributed by atoms with Crippen molar-refractivity contribution in [3.05, 3.63) is 24.3 Å². The molecule has 0 unspecified atom stereocenters. The Kier molecular flexibility index (Phi) is 5.11. The second kappa shape index (κ2) is 7.78. The molecule has 6 nitrogen and oxygen atoms in total. The maximum absolute atomic E-state index is 13.1. The molecule has 162 valence electrons. The fraction of sp³-hybridized carbons (Fsp3) is 0.667. The summed E-state index contributed by atoms with van der Waals surface area (Å²) in [5.41, 5.74) is 0.972. The predicted octanol–water partition coefficient (Wildman–Crippen LogP) is 2.68. The number of benzene rings is 1. The molecule has 1 N–H and O–H groups in total. The fourth-order valence-electron chi connectivity index (χ4n) is 6.85. The molecule has 5 aliphatic rings. The summed E-state index contributed by atoms with van der Waals surface area (Å²) in [6.07, 6.45) is 7.09. The first kappa shape index (κ1) is 19.7. The van der Waals surface area contributed by atoms with E-state index in [0.29, 0.717) is 13.1 Å². The highest BCUT2D eigenvalue weighted by atomic mass is 16.5. The number of piperazine rings is 1. The van der Waals surface area contributed by atoms with Crippen molar-refractivity contribution >= 4 is 17.5 Å². The van der Waals surface area contributed by atoms with Gasteiger partial charge < -0.3 is 19.9 Å². The molecule has 1 aromatic rings. The van der Waals surface area contributed by atoms with Crippen LogP contribution < -0.4 is 15.0 Å². The molecule has 4 aliphatic carbocycles. The fourth-order valence-corrected chi connectivity index (χ4v) is 6.85. The molecule has 4 bridgehead atoms. The Bertz CT molecular complexity index is 763. The molecule has 6 heteroatoms. The summed E-state index contributed by atoms with van der Waals surface area (Å²) in [7, 11) is 1.67. The van der Waals surface area contributed by atoms with Gasteiger partial charge in [0.05, 0.1) is 13.7 Å². The first-order valence-electron chi connectivity index (χ1n) is 11.5. The molecular formula is C24H33N3O3. The Hall–Kier alpha value is -2.24. The summed E-state index contributed by atoms with van der Waals surface area (Å²) in [6.45, 7) is 3.14. The van der Waals surface area contributed by atoms with Crippen LogP contribution >= 0.6 is 0 Å². The average molecular weight is 412 g/mol. The molecule has 1 aliphatic heterocycles. The van der Waals surface area contributed by atoms with E-state index in [1.165, 1.54) is 19.3 Å². The molecule has 1 aromatic carbocycles. The lowest BCUT2D eigenvalue weighted by atomic mass is 9.49. The van der Waals surface area contributed by atoms with Gasteiger partial charge in [-0.15, -0.1) is 0 Å². The van der Waals surface area contributed by atoms with Crippen molar-refractivity contribution in [1.29, 1.82) is 0 Å². The number of anilines is 1. The topological polar surface area (TPSA) is 61.9 Å². The van der Waals surface area contributed by atoms with Crippen LogP contribution in [-0.2, 0) is 9.59 Å². The molecule has 30 heavy (non-hydrogen) atoms. The standard InChI is InChI=1S/C24H33N3O3/c1-30-21-4-2-20(3-5-21)26-6-8-27(9-7-26)22(28)16-25-23(29)24-13-17-10-18(14-24)12-19(11-17)15-24/h2-5,17-19H,6-16H2,1H3,(H,25,29). The van der Waals surface area contributed by atoms with Crippen LogP contribution in [0.1, 0.15) is 38.5 Å². The first-order chi connectivity index (χ1) is 14.5. The number of carbonyl (C=O) groups is 2. The highest BCUT2D eigenvalue weighted by molar-refractivity contribution is 5.88. The van der Waals surface area contributed by atoms with Crippen molar-refractivity contribution in [3.63, 3.8) is 0 Å². The van der Waals surface area contributed by atoms with Crippen LogP contribution in [0.2, 0.25) is 0 Å². The Morgan fingerprint density at radius 2 is 1.53 bits per heavy atom. The number of methoxy groups -OCH3 is 1. The molecule has 2 amide bonds. The molecule has 1 heterocycles. The van der Waals surface area contributed by atoms with Crippen LogP contribution in [0.3, 0.4) is 0 Å². The highest BCUT2D eigenvalue weighted by Gasteiger charge is 2.54. The van der Waals surface area contributed by atoms with Crippen LogP contribution in [-0.4, -0.2) is 56.5 Å². The number of nitrogens with zero attached hydrogens (tertiary/aromatic N) is 2. The lowest BCUT2D eigenvalue weighted by Crippen LogP contribution is -2.56. The molecule has 6 rings (SSSR count). The van der Waals surface area contributed by atoms with Gasteiger partial charge in [0.1, 0.15) is 5.75 Å². The number of ether oxygens (including phenoxy) is 1. The van der Waals surface area contributed by atoms with Crippen molar-refractivity contribution < 1.29 is 14.3 Å². The van der Waals surface area contributed by atoms with Crippen molar-refractivity contribution in [2.24, 2.45) is 23.2 Å². The van der Waals surface area contributed by atoms with E-state index in [0.717, 1.165) is 61.5 Å². The number of amides is 2. The number of hydrogen-bond donors (Lipinski definition) is 1. The minimum Gasteiger partial charge on any atom is -0.497 e. The van der Waals surface area contributed by atoms with Crippen molar-refractivity contribution in [2.75, 3.05) is 44.7 Å². The van der Waals surface area contributed by atoms with Gasteiger partial charge in [0, 0.05) is 37.3 Å². The SMILES string of the molecule is COc1ccc(N2CCN(C(=O)CNC(=O)C34CC5CC(CC(C5)C3)C4)CC2)cc1. The maximum Gasteiger partial charge on any atom is 0.242 e. The van der Waals surface area contributed by atoms with Crippen LogP contribution in [0.15, 0.2) is 24.3 Å². The van der Waals surface area contributed by atoms with Crippen LogP contribution in [0, 0.1) is 23.2 Å². The monoisotopic (exact) mass is 411 g/mol. The van der Waals surface area contributed by atoms with Gasteiger partial charge in [0.2, 0.25) is 11.8 Å². The van der Waals surface area contributed by atoms with Crippen LogP contribution in [0.4, 0.5) is 5.69 Å². The van der Waals surface area contributed by atoms with Gasteiger partial charge in [0.15, 0.2) is 0 Å². The number of nitrogens with one attached hydrogen (secondary N) is 1. The summed E-state index contributed by atoms with van der Waals surface area (Å²) in [5, 5.41) is 3.03. The molecule has 4 saturated carbocycles. The van der Waals surface area contributed by atoms with Gasteiger partial charge in [-0.05, 0) is 80.5 Å². The Labute approximate surface area is 178 Å². The van der Waals surface area contributed by atoms with Gasteiger partial charge in [-0.1, -0.05) is 0 Å². The van der Waals surface area contributed by atoms with Crippen molar-refractivity contribution in [1.82, 2.24) is 10.2 Å². The molecule has 0 spiro atoms. The van der Waals surface area contributed by atoms with Gasteiger partial charge in [-0.3, -0.25) is 9.59 Å². The van der Waals surface area contributed by atoms with Crippen LogP contribution in [0.25, 0.3) is 0 Å². The molecular weight excluding hydrogens is 378 g/mol. The summed E-state index contributed by atoms with van der Waals surface area (Å²) >= 11 is 0. The number of carbonyl (C=O) groups excluding carboxylic acids is 2. The zero-order chi connectivity index (χ0) is 20.7. The zero-order valence-electron chi connectivity index (χ0n) is 17.9. The summed E-state index contributed by atoms with van der Waals surface area (Å²) in [4.78, 5) is 30.0. The van der Waals surface area contributed by atoms with E-state index in [9.17, 15) is 9.59 Å². The maximum atomic E-state index is 13.1. The Morgan fingerprint density at radius 1 is 0.967 bits per heavy atom. The van der Waals surface area contributed by atoms with E-state index >= 15 is 0 Å². The minimum atomic E-state index is -0.178. The third kappa shape index (κ3) is 3.65. The van der Waals surface area contributed by atoms with E-state index in [2.05, 4.69) is 22.3 Å². The van der Waals surface area contributed by atoms with Crippen molar-refractivity contribution in [3.8, 4) is 5.75 Å². The molecule has 0 aromatic heterocycles. The van der Waals surface area contributed by atoms with E-state index in [4.69, 9.17) is 4.74 Å². The Balaban J connectivity index is 1.11. The van der Waals surface area contributed by atoms with Crippen molar-refractivity contribution in [2.45, 2.75) is 38.5 Å². The third-order valence-corrected chi connectivity index (χ3v) is 7.99. The lowest BCUT2D eigenvalue weighted by Gasteiger charge is -2.55. The van der Waals surface area contributed by atoms with Gasteiger partial charge >= 0.3 is 0 Å². The van der Waals surface area contributed by atoms with Gasteiger partial charge in [-0.25, -0.2) is 0 Å². The second-order valence-corrected chi connectivity index (χ2v) is 9.95. The highest BCUT2D eigenvalue weighted by Crippen LogP contribution is 2.60. The first-order valence-corrected chi connectivity index (χ1v) is 11.5. The number of rotatable bonds is 5. The van der Waals surface area contributed by atoms with E-state index in [1.807, 2.05) is 17.0 Å². The van der Waals surface area contributed by atoms with E-state index in [1.54, 1.807) is 7.11 Å². The van der Waals surface area contributed by atoms with E-state index < -0.39 is 0 Å². The third-order valence-electron chi connectivity index (χ3n) is 7.99. The Morgan fingerprint density at radius 3 is 2.07 bits per heavy atom. The largest absolute Gasteiger partial charge is 0.497 e. The number of hydrogen-bond acceptors (Lipinski definition) is 4. The van der Waals surface area contributed by atoms with Crippen LogP contribution in [0.5, 0.6) is 5.75 Å². The second-order valence-electron chi connectivity index (χ2n) is 9.95. The summed E-state index contributed by atoms with van der Waals surface area (Å²) in [5.74, 6) is 3.26. The van der Waals surface area contributed by atoms with Gasteiger partial charge in [0.25, 0.3) is 0 Å². The van der Waals surface area contributed by atoms with E-state index in [-0.39, 0.29) is 23.8 Å². The molecule has 0 atom stereocenters. The zero-order valence-corrected chi connectivity index (χ0v) is 17.9. The summed E-state index contributed by atoms with van der Waals surface area (Å²) in [6, 6.07) is 8.05. The predicted molar refractivity (Wildman–Crippen MR) is 115 cm³/mol. The smallest absolute Gasteiger partial charge is 0.242 e. The van der Waals surface area contributed by atoms with Gasteiger partial charge in [-0.2, -0.15) is 0 Å². The minimum absolute atomic E-state index is 0.0439.